The first-order valence-electron chi connectivity index (χ1n) is 13.9. The Labute approximate surface area is 242 Å². The van der Waals surface area contributed by atoms with Crippen molar-refractivity contribution >= 4 is 23.7 Å². The van der Waals surface area contributed by atoms with Gasteiger partial charge in [-0.05, 0) is 30.4 Å². The van der Waals surface area contributed by atoms with Gasteiger partial charge in [0.1, 0.15) is 17.7 Å². The van der Waals surface area contributed by atoms with Crippen LogP contribution in [-0.4, -0.2) is 63.8 Å². The maximum Gasteiger partial charge on any atom is 0.412 e. The van der Waals surface area contributed by atoms with E-state index in [-0.39, 0.29) is 30.5 Å². The molecule has 11 nitrogen and oxygen atoms in total. The number of amides is 1. The minimum Gasteiger partial charge on any atom is -0.453 e. The van der Waals surface area contributed by atoms with Gasteiger partial charge in [0.15, 0.2) is 6.10 Å². The van der Waals surface area contributed by atoms with Crippen molar-refractivity contribution in [1.29, 1.82) is 0 Å². The average molecular weight is 594 g/mol. The Bertz CT molecular complexity index is 1250. The number of aromatic nitrogens is 2. The molecule has 2 N–H and O–H groups in total. The number of ketones is 1. The van der Waals surface area contributed by atoms with Crippen molar-refractivity contribution in [3.8, 4) is 0 Å². The molecule has 0 saturated carbocycles. The Kier molecular flexibility index (Phi) is 12.1. The second kappa shape index (κ2) is 15.5. The van der Waals surface area contributed by atoms with Gasteiger partial charge in [-0.3, -0.25) is 19.5 Å². The highest BCUT2D eigenvalue weighted by atomic mass is 19.3. The lowest BCUT2D eigenvalue weighted by Gasteiger charge is -2.24. The zero-order valence-corrected chi connectivity index (χ0v) is 23.7. The molecule has 0 bridgehead atoms. The second-order valence-corrected chi connectivity index (χ2v) is 10.5. The molecular formula is C29H37F2N3O8. The minimum atomic E-state index is -3.88. The smallest absolute Gasteiger partial charge is 0.412 e. The van der Waals surface area contributed by atoms with Gasteiger partial charge < -0.3 is 19.3 Å². The van der Waals surface area contributed by atoms with Gasteiger partial charge in [-0.1, -0.05) is 57.0 Å². The standard InChI is InChI=1S/C29H37F2N3O8/c1-19(2)18-40-28(39)33-23-14-15-34(27(38)32-23)26-29(30,31)25(22(17-35)41-26)42-24(37)13-9-4-3-8-12-21(36)16-20-10-6-5-7-11-20/h5-7,10-11,14-15,19,22,25-26,35H,3-4,8-9,12-13,16-18H2,1-2H3,(H,32,33,38,39)/t22-,25-,26-/m1/s1. The van der Waals surface area contributed by atoms with E-state index in [9.17, 15) is 24.3 Å². The number of ether oxygens (including phenoxy) is 3. The van der Waals surface area contributed by atoms with E-state index in [0.29, 0.717) is 43.1 Å². The van der Waals surface area contributed by atoms with Gasteiger partial charge in [0.2, 0.25) is 6.23 Å². The van der Waals surface area contributed by atoms with E-state index in [1.165, 1.54) is 0 Å². The molecule has 1 saturated heterocycles. The van der Waals surface area contributed by atoms with E-state index in [2.05, 4.69) is 10.3 Å². The molecule has 0 spiro atoms. The SMILES string of the molecule is CC(C)COC(=O)Nc1ccn([C@@H]2O[C@H](CO)[C@@H](OC(=O)CCCCCCC(=O)Cc3ccccc3)C2(F)F)c(=O)n1. The third-order valence-corrected chi connectivity index (χ3v) is 6.48. The number of carbonyl (C=O) groups excluding carboxylic acids is 3. The fraction of sp³-hybridized carbons (Fsp3) is 0.552. The van der Waals surface area contributed by atoms with Crippen LogP contribution in [-0.2, 0) is 30.2 Å². The van der Waals surface area contributed by atoms with Crippen molar-refractivity contribution in [3.05, 3.63) is 58.6 Å². The van der Waals surface area contributed by atoms with Gasteiger partial charge in [0.25, 0.3) is 0 Å². The molecule has 1 fully saturated rings. The Balaban J connectivity index is 1.47. The van der Waals surface area contributed by atoms with Crippen LogP contribution >= 0.6 is 0 Å². The molecule has 0 unspecified atom stereocenters. The highest BCUT2D eigenvalue weighted by Gasteiger charge is 2.62. The zero-order valence-electron chi connectivity index (χ0n) is 23.7. The van der Waals surface area contributed by atoms with Gasteiger partial charge in [-0.15, -0.1) is 0 Å². The number of esters is 1. The van der Waals surface area contributed by atoms with Crippen LogP contribution in [0.1, 0.15) is 64.2 Å². The second-order valence-electron chi connectivity index (χ2n) is 10.5. The first kappa shape index (κ1) is 32.8. The third-order valence-electron chi connectivity index (χ3n) is 6.48. The van der Waals surface area contributed by atoms with E-state index < -0.39 is 48.7 Å². The molecule has 1 amide bonds. The summed E-state index contributed by atoms with van der Waals surface area (Å²) in [7, 11) is 0. The summed E-state index contributed by atoms with van der Waals surface area (Å²) in [5.74, 6) is -4.79. The van der Waals surface area contributed by atoms with Crippen LogP contribution in [0.25, 0.3) is 0 Å². The highest BCUT2D eigenvalue weighted by molar-refractivity contribution is 5.83. The van der Waals surface area contributed by atoms with Crippen LogP contribution in [0.5, 0.6) is 0 Å². The molecule has 2 aromatic rings. The number of nitrogens with one attached hydrogen (secondary N) is 1. The number of rotatable bonds is 15. The van der Waals surface area contributed by atoms with Crippen LogP contribution in [0.15, 0.2) is 47.4 Å². The maximum absolute atomic E-state index is 15.3. The minimum absolute atomic E-state index is 0.0762. The van der Waals surface area contributed by atoms with E-state index >= 15 is 8.78 Å². The number of anilines is 1. The fourth-order valence-electron chi connectivity index (χ4n) is 4.36. The largest absolute Gasteiger partial charge is 0.453 e. The molecule has 13 heteroatoms. The van der Waals surface area contributed by atoms with Crippen molar-refractivity contribution < 1.29 is 42.5 Å². The number of hydrogen-bond acceptors (Lipinski definition) is 9. The molecule has 0 radical (unpaired) electrons. The van der Waals surface area contributed by atoms with Crippen molar-refractivity contribution in [1.82, 2.24) is 9.55 Å². The first-order chi connectivity index (χ1) is 20.0. The number of hydrogen-bond donors (Lipinski definition) is 2. The number of unbranched alkanes of at least 4 members (excludes halogenated alkanes) is 3. The van der Waals surface area contributed by atoms with Gasteiger partial charge in [0.05, 0.1) is 13.2 Å². The summed E-state index contributed by atoms with van der Waals surface area (Å²) in [6.45, 7) is 2.91. The molecule has 230 valence electrons. The summed E-state index contributed by atoms with van der Waals surface area (Å²) in [6.07, 6.45) is -2.87. The van der Waals surface area contributed by atoms with Crippen LogP contribution in [0.3, 0.4) is 0 Å². The lowest BCUT2D eigenvalue weighted by molar-refractivity contribution is -0.176. The molecule has 3 rings (SSSR count). The van der Waals surface area contributed by atoms with Crippen LogP contribution in [0.2, 0.25) is 0 Å². The molecule has 3 atom stereocenters. The summed E-state index contributed by atoms with van der Waals surface area (Å²) in [5, 5.41) is 11.9. The number of benzene rings is 1. The van der Waals surface area contributed by atoms with Crippen molar-refractivity contribution in [2.75, 3.05) is 18.5 Å². The number of halogens is 2. The van der Waals surface area contributed by atoms with Gasteiger partial charge in [-0.25, -0.2) is 9.59 Å². The molecule has 1 aromatic heterocycles. The third kappa shape index (κ3) is 9.41. The van der Waals surface area contributed by atoms with Crippen molar-refractivity contribution in [3.63, 3.8) is 0 Å². The Morgan fingerprint density at radius 1 is 1.10 bits per heavy atom. The summed E-state index contributed by atoms with van der Waals surface area (Å²) in [4.78, 5) is 52.3. The monoisotopic (exact) mass is 593 g/mol. The van der Waals surface area contributed by atoms with Crippen LogP contribution < -0.4 is 11.0 Å². The molecule has 1 aromatic carbocycles. The average Bonchev–Trinajstić information content (AvgIpc) is 3.19. The Morgan fingerprint density at radius 2 is 1.79 bits per heavy atom. The van der Waals surface area contributed by atoms with Crippen molar-refractivity contribution in [2.24, 2.45) is 5.92 Å². The lowest BCUT2D eigenvalue weighted by atomic mass is 10.0. The van der Waals surface area contributed by atoms with E-state index in [1.54, 1.807) is 0 Å². The van der Waals surface area contributed by atoms with E-state index in [4.69, 9.17) is 14.2 Å². The predicted octanol–water partition coefficient (Wildman–Crippen LogP) is 4.04. The van der Waals surface area contributed by atoms with Gasteiger partial charge >= 0.3 is 23.7 Å². The summed E-state index contributed by atoms with van der Waals surface area (Å²) in [5.41, 5.74) is -0.206. The number of aliphatic hydroxyl groups is 1. The summed E-state index contributed by atoms with van der Waals surface area (Å²) < 4.78 is 46.3. The molecule has 1 aliphatic rings. The quantitative estimate of drug-likeness (QED) is 0.231. The number of alkyl halides is 2. The Hall–Kier alpha value is -3.71. The molecule has 42 heavy (non-hydrogen) atoms. The van der Waals surface area contributed by atoms with Gasteiger partial charge in [0, 0.05) is 25.5 Å². The predicted molar refractivity (Wildman–Crippen MR) is 147 cm³/mol. The van der Waals surface area contributed by atoms with Crippen molar-refractivity contribution in [2.45, 2.75) is 83.2 Å². The van der Waals surface area contributed by atoms with Crippen LogP contribution in [0.4, 0.5) is 19.4 Å². The number of aliphatic hydroxyl groups excluding tert-OH is 1. The highest BCUT2D eigenvalue weighted by Crippen LogP contribution is 2.44. The molecule has 0 aliphatic carbocycles. The number of carbonyl (C=O) groups is 3. The summed E-state index contributed by atoms with van der Waals surface area (Å²) in [6, 6.07) is 10.5. The van der Waals surface area contributed by atoms with E-state index in [1.807, 2.05) is 44.2 Å². The van der Waals surface area contributed by atoms with E-state index in [0.717, 1.165) is 17.8 Å². The fourth-order valence-corrected chi connectivity index (χ4v) is 4.36. The number of Topliss-reactive ketones (excluding diaryl/α,β-unsaturated/α-hetero) is 1. The lowest BCUT2D eigenvalue weighted by Crippen LogP contribution is -2.44. The first-order valence-corrected chi connectivity index (χ1v) is 13.9. The summed E-state index contributed by atoms with van der Waals surface area (Å²) >= 11 is 0. The Morgan fingerprint density at radius 3 is 2.43 bits per heavy atom. The van der Waals surface area contributed by atoms with Crippen LogP contribution in [0, 0.1) is 5.92 Å². The maximum atomic E-state index is 15.3. The topological polar surface area (TPSA) is 146 Å². The normalized spacial score (nSPS) is 19.4. The number of nitrogens with zero attached hydrogens (tertiary/aromatic N) is 2. The molecule has 1 aliphatic heterocycles. The zero-order chi connectivity index (χ0) is 30.7. The molecular weight excluding hydrogens is 556 g/mol. The molecule has 2 heterocycles. The van der Waals surface area contributed by atoms with Gasteiger partial charge in [-0.2, -0.15) is 13.8 Å².